The van der Waals surface area contributed by atoms with Crippen molar-refractivity contribution in [2.24, 2.45) is 0 Å². The predicted octanol–water partition coefficient (Wildman–Crippen LogP) is 5.40. The average Bonchev–Trinajstić information content (AvgIpc) is 3.03. The molecule has 2 aliphatic rings. The van der Waals surface area contributed by atoms with Crippen molar-refractivity contribution in [1.29, 1.82) is 0 Å². The molecule has 2 aromatic heterocycles. The molecule has 0 unspecified atom stereocenters. The molecule has 3 aromatic rings. The number of carboxylic acid groups (broad SMARTS) is 1. The van der Waals surface area contributed by atoms with Gasteiger partial charge in [0.05, 0.1) is 22.8 Å². The third-order valence-electron chi connectivity index (χ3n) is 8.16. The number of nitrogens with one attached hydrogen (secondary N) is 4. The normalized spacial score (nSPS) is 17.7. The number of hydrogen-bond donors (Lipinski definition) is 5. The molecule has 2 aliphatic heterocycles. The Hall–Kier alpha value is -2.19. The molecule has 5 N–H and O–H groups in total. The topological polar surface area (TPSA) is 118 Å². The Balaban J connectivity index is 0.00000123. The minimum atomic E-state index is -0.833. The van der Waals surface area contributed by atoms with Gasteiger partial charge in [-0.05, 0) is 113 Å². The van der Waals surface area contributed by atoms with E-state index in [0.29, 0.717) is 0 Å². The highest BCUT2D eigenvalue weighted by Crippen LogP contribution is 2.15. The van der Waals surface area contributed by atoms with Crippen LogP contribution in [0.5, 0.6) is 0 Å². The molecule has 0 fully saturated rings. The van der Waals surface area contributed by atoms with E-state index in [-0.39, 0.29) is 17.0 Å². The highest BCUT2D eigenvalue weighted by Gasteiger charge is 2.11. The molecule has 0 aliphatic carbocycles. The van der Waals surface area contributed by atoms with E-state index in [2.05, 4.69) is 55.3 Å². The summed E-state index contributed by atoms with van der Waals surface area (Å²) in [7, 11) is 0. The molecule has 4 heterocycles. The highest BCUT2D eigenvalue weighted by atomic mass is 79.9. The van der Waals surface area contributed by atoms with Gasteiger partial charge in [0.1, 0.15) is 0 Å². The molecule has 0 saturated heterocycles. The van der Waals surface area contributed by atoms with Crippen molar-refractivity contribution in [2.75, 3.05) is 52.4 Å². The quantitative estimate of drug-likeness (QED) is 0.236. The lowest BCUT2D eigenvalue weighted by atomic mass is 10.1. The third-order valence-corrected chi connectivity index (χ3v) is 8.60. The van der Waals surface area contributed by atoms with E-state index in [0.717, 1.165) is 157 Å². The fourth-order valence-corrected chi connectivity index (χ4v) is 6.47. The summed E-state index contributed by atoms with van der Waals surface area (Å²) in [5.74, 6) is -0.833. The Kier molecular flexibility index (Phi) is 19.6. The molecule has 13 heteroatoms. The molecule has 0 amide bonds. The molecule has 4 bridgehead atoms. The van der Waals surface area contributed by atoms with Gasteiger partial charge < -0.3 is 26.4 Å². The van der Waals surface area contributed by atoms with Crippen LogP contribution in [0.1, 0.15) is 66.5 Å². The van der Waals surface area contributed by atoms with Gasteiger partial charge in [0.15, 0.2) is 0 Å². The molecule has 10 nitrogen and oxygen atoms in total. The summed E-state index contributed by atoms with van der Waals surface area (Å²) in [6.45, 7) is 14.2. The average molecular weight is 781 g/mol. The number of carbonyl (C=O) groups is 1. The molecule has 0 radical (unpaired) electrons. The molecule has 0 saturated carbocycles. The van der Waals surface area contributed by atoms with E-state index in [9.17, 15) is 0 Å². The van der Waals surface area contributed by atoms with Crippen LogP contribution in [0, 0.1) is 0 Å². The predicted molar refractivity (Wildman–Crippen MR) is 204 cm³/mol. The highest BCUT2D eigenvalue weighted by molar-refractivity contribution is 8.93. The Labute approximate surface area is 312 Å². The smallest absolute Gasteiger partial charge is 0.300 e. The second kappa shape index (κ2) is 23.3. The molecule has 0 atom stereocenters. The van der Waals surface area contributed by atoms with Crippen LogP contribution in [-0.2, 0) is 44.1 Å². The zero-order valence-corrected chi connectivity index (χ0v) is 31.9. The molecule has 270 valence electrons. The molecule has 5 rings (SSSR count). The summed E-state index contributed by atoms with van der Waals surface area (Å²) < 4.78 is 0. The first-order valence-corrected chi connectivity index (χ1v) is 17.9. The summed E-state index contributed by atoms with van der Waals surface area (Å²) in [5, 5.41) is 23.1. The second-order valence-electron chi connectivity index (χ2n) is 12.5. The van der Waals surface area contributed by atoms with Crippen LogP contribution in [0.3, 0.4) is 0 Å². The third kappa shape index (κ3) is 17.1. The molecule has 0 spiro atoms. The maximum atomic E-state index is 9.00. The molecular formula is C36H53BrCl2N8O2. The van der Waals surface area contributed by atoms with Crippen molar-refractivity contribution in [3.05, 3.63) is 92.5 Å². The Morgan fingerprint density at radius 2 is 0.898 bits per heavy atom. The van der Waals surface area contributed by atoms with Crippen LogP contribution in [0.2, 0.25) is 10.0 Å². The lowest BCUT2D eigenvalue weighted by Gasteiger charge is -2.24. The Morgan fingerprint density at radius 3 is 1.16 bits per heavy atom. The first-order valence-electron chi connectivity index (χ1n) is 17.2. The van der Waals surface area contributed by atoms with Gasteiger partial charge in [-0.25, -0.2) is 0 Å². The van der Waals surface area contributed by atoms with Crippen LogP contribution in [-0.4, -0.2) is 83.2 Å². The number of aliphatic carboxylic acids is 1. The maximum Gasteiger partial charge on any atom is 0.300 e. The van der Waals surface area contributed by atoms with Crippen LogP contribution < -0.4 is 21.3 Å². The van der Waals surface area contributed by atoms with Crippen molar-refractivity contribution < 1.29 is 9.90 Å². The van der Waals surface area contributed by atoms with Gasteiger partial charge in [0, 0.05) is 56.2 Å². The number of carboxylic acids is 1. The lowest BCUT2D eigenvalue weighted by Crippen LogP contribution is -2.31. The van der Waals surface area contributed by atoms with Crippen LogP contribution in [0.4, 0.5) is 0 Å². The molecular weight excluding hydrogens is 727 g/mol. The zero-order valence-electron chi connectivity index (χ0n) is 28.7. The van der Waals surface area contributed by atoms with Crippen LogP contribution in [0.15, 0.2) is 48.5 Å². The van der Waals surface area contributed by atoms with E-state index < -0.39 is 5.97 Å². The number of halogens is 3. The maximum absolute atomic E-state index is 9.00. The summed E-state index contributed by atoms with van der Waals surface area (Å²) in [6.07, 6.45) is 4.42. The first kappa shape index (κ1) is 41.2. The van der Waals surface area contributed by atoms with Gasteiger partial charge in [-0.3, -0.25) is 24.6 Å². The number of benzene rings is 1. The van der Waals surface area contributed by atoms with E-state index in [1.165, 1.54) is 11.1 Å². The van der Waals surface area contributed by atoms with Crippen LogP contribution in [0.25, 0.3) is 0 Å². The number of fused-ring (bicyclic) bond motifs is 4. The second-order valence-corrected chi connectivity index (χ2v) is 13.4. The Bertz CT molecular complexity index is 1230. The molecule has 1 aromatic carbocycles. The van der Waals surface area contributed by atoms with Crippen molar-refractivity contribution in [1.82, 2.24) is 41.0 Å². The van der Waals surface area contributed by atoms with E-state index >= 15 is 0 Å². The van der Waals surface area contributed by atoms with Gasteiger partial charge in [-0.1, -0.05) is 47.5 Å². The number of nitrogens with zero attached hydrogens (tertiary/aromatic N) is 4. The number of aromatic nitrogens is 2. The number of pyridine rings is 2. The minimum absolute atomic E-state index is 0. The first-order chi connectivity index (χ1) is 23.3. The van der Waals surface area contributed by atoms with E-state index in [1.54, 1.807) is 0 Å². The fraction of sp³-hybridized carbons (Fsp3) is 0.528. The number of rotatable bonds is 4. The number of hydrogen-bond acceptors (Lipinski definition) is 9. The standard InChI is InChI=1S/C34H48Cl2N8.C2H4O2.BrH/c35-29-17-31-21-37-9-1-13-43(14-2-10-38-22-32(18-29)41-31)25-27-5-7-28(8-6-27)26-44-15-3-11-39-23-33-19-30(36)20-34(42-33)24-40-12-4-16-44;1-2(3)4;/h5-8,17-20,37-40H,1-4,9-16,21-26H2;1H3,(H,3,4);1H. The summed E-state index contributed by atoms with van der Waals surface area (Å²) in [5.41, 5.74) is 6.80. The van der Waals surface area contributed by atoms with E-state index in [4.69, 9.17) is 43.1 Å². The SMILES string of the molecule is Br.CC(=O)O.Clc1cc2nc(c1)CNCCCN(Cc1ccc(CN3CCCNCc4cc(Cl)cc(n4)CNCCC3)cc1)CCCNC2. The largest absolute Gasteiger partial charge is 0.481 e. The monoisotopic (exact) mass is 778 g/mol. The minimum Gasteiger partial charge on any atom is -0.481 e. The lowest BCUT2D eigenvalue weighted by molar-refractivity contribution is -0.134. The van der Waals surface area contributed by atoms with Crippen molar-refractivity contribution in [3.63, 3.8) is 0 Å². The van der Waals surface area contributed by atoms with Crippen LogP contribution >= 0.6 is 40.2 Å². The molecule has 49 heavy (non-hydrogen) atoms. The van der Waals surface area contributed by atoms with Gasteiger partial charge in [0.25, 0.3) is 5.97 Å². The van der Waals surface area contributed by atoms with Gasteiger partial charge in [0.2, 0.25) is 0 Å². The van der Waals surface area contributed by atoms with Crippen molar-refractivity contribution in [2.45, 2.75) is 71.9 Å². The van der Waals surface area contributed by atoms with Gasteiger partial charge >= 0.3 is 0 Å². The van der Waals surface area contributed by atoms with Gasteiger partial charge in [-0.2, -0.15) is 0 Å². The Morgan fingerprint density at radius 1 is 0.633 bits per heavy atom. The fourth-order valence-electron chi connectivity index (χ4n) is 5.96. The van der Waals surface area contributed by atoms with Gasteiger partial charge in [-0.15, -0.1) is 17.0 Å². The van der Waals surface area contributed by atoms with Crippen molar-refractivity contribution >= 4 is 46.2 Å². The zero-order chi connectivity index (χ0) is 34.0. The van der Waals surface area contributed by atoms with E-state index in [1.807, 2.05) is 24.3 Å². The van der Waals surface area contributed by atoms with Crippen molar-refractivity contribution in [3.8, 4) is 0 Å². The summed E-state index contributed by atoms with van der Waals surface area (Å²) >= 11 is 12.6. The summed E-state index contributed by atoms with van der Waals surface area (Å²) in [6, 6.07) is 17.2. The summed E-state index contributed by atoms with van der Waals surface area (Å²) in [4.78, 5) is 23.7.